The number of ketones is 1. The van der Waals surface area contributed by atoms with E-state index in [2.05, 4.69) is 15.3 Å². The minimum atomic E-state index is -0.0771. The number of rotatable bonds is 4. The summed E-state index contributed by atoms with van der Waals surface area (Å²) < 4.78 is 1.72. The molecule has 114 valence electrons. The Kier molecular flexibility index (Phi) is 4.10. The Labute approximate surface area is 134 Å². The van der Waals surface area contributed by atoms with E-state index in [4.69, 9.17) is 0 Å². The Hall–Kier alpha value is -3.08. The van der Waals surface area contributed by atoms with Crippen LogP contribution >= 0.6 is 0 Å². The minimum absolute atomic E-state index is 0.0771. The van der Waals surface area contributed by atoms with Crippen molar-refractivity contribution in [2.75, 3.05) is 0 Å². The number of hydrogen-bond acceptors (Lipinski definition) is 4. The van der Waals surface area contributed by atoms with Crippen molar-refractivity contribution in [3.8, 4) is 5.69 Å². The van der Waals surface area contributed by atoms with E-state index in [-0.39, 0.29) is 5.78 Å². The molecule has 0 bridgehead atoms. The largest absolute Gasteiger partial charge is 0.294 e. The molecular formula is C18H16N4O. The highest BCUT2D eigenvalue weighted by atomic mass is 16.1. The van der Waals surface area contributed by atoms with E-state index < -0.39 is 0 Å². The molecular weight excluding hydrogens is 288 g/mol. The summed E-state index contributed by atoms with van der Waals surface area (Å²) in [5, 5.41) is 12.8. The lowest BCUT2D eigenvalue weighted by atomic mass is 10.1. The van der Waals surface area contributed by atoms with Crippen LogP contribution in [-0.2, 0) is 0 Å². The lowest BCUT2D eigenvalue weighted by Crippen LogP contribution is -2.00. The zero-order chi connectivity index (χ0) is 16.2. The average molecular weight is 304 g/mol. The molecule has 5 heteroatoms. The van der Waals surface area contributed by atoms with E-state index in [1.807, 2.05) is 67.6 Å². The normalized spacial score (nSPS) is 11.0. The highest BCUT2D eigenvalue weighted by Crippen LogP contribution is 2.26. The van der Waals surface area contributed by atoms with Crippen LogP contribution in [0.4, 0.5) is 11.5 Å². The molecule has 0 fully saturated rings. The van der Waals surface area contributed by atoms with Crippen LogP contribution < -0.4 is 0 Å². The lowest BCUT2D eigenvalue weighted by molar-refractivity contribution is 0.101. The summed E-state index contributed by atoms with van der Waals surface area (Å²) in [6, 6.07) is 19.0. The number of Topliss-reactive ketones (excluding diaryl/α,β-unsaturated/α-hetero) is 1. The van der Waals surface area contributed by atoms with Crippen LogP contribution in [0.1, 0.15) is 23.0 Å². The van der Waals surface area contributed by atoms with Crippen molar-refractivity contribution >= 4 is 17.3 Å². The fraction of sp³-hybridized carbons (Fsp3) is 0.111. The summed E-state index contributed by atoms with van der Waals surface area (Å²) in [4.78, 5) is 12.0. The van der Waals surface area contributed by atoms with Crippen LogP contribution in [0.25, 0.3) is 5.69 Å². The molecule has 0 N–H and O–H groups in total. The van der Waals surface area contributed by atoms with Crippen LogP contribution in [0, 0.1) is 6.92 Å². The maximum Gasteiger partial charge on any atom is 0.207 e. The molecule has 0 unspecified atom stereocenters. The standard InChI is InChI=1S/C18H16N4O/c1-13-17(14(2)23)18(20-19-15-9-5-3-6-10-15)21-22(13)16-11-7-4-8-12-16/h3-12H,1-2H3. The predicted molar refractivity (Wildman–Crippen MR) is 88.9 cm³/mol. The fourth-order valence-corrected chi connectivity index (χ4v) is 2.39. The quantitative estimate of drug-likeness (QED) is 0.513. The number of hydrogen-bond donors (Lipinski definition) is 0. The number of azo groups is 1. The second kappa shape index (κ2) is 6.36. The van der Waals surface area contributed by atoms with E-state index in [9.17, 15) is 4.79 Å². The molecule has 0 saturated carbocycles. The maximum absolute atomic E-state index is 12.0. The Morgan fingerprint density at radius 1 is 0.957 bits per heavy atom. The summed E-state index contributed by atoms with van der Waals surface area (Å²) in [5.41, 5.74) is 2.85. The summed E-state index contributed by atoms with van der Waals surface area (Å²) in [5.74, 6) is 0.259. The van der Waals surface area contributed by atoms with Crippen molar-refractivity contribution in [2.45, 2.75) is 13.8 Å². The summed E-state index contributed by atoms with van der Waals surface area (Å²) in [6.45, 7) is 3.37. The van der Waals surface area contributed by atoms with Gasteiger partial charge in [-0.1, -0.05) is 36.4 Å². The van der Waals surface area contributed by atoms with Gasteiger partial charge in [-0.3, -0.25) is 4.79 Å². The van der Waals surface area contributed by atoms with Gasteiger partial charge in [0.05, 0.1) is 22.6 Å². The van der Waals surface area contributed by atoms with Crippen molar-refractivity contribution in [2.24, 2.45) is 10.2 Å². The summed E-state index contributed by atoms with van der Waals surface area (Å²) >= 11 is 0. The zero-order valence-electron chi connectivity index (χ0n) is 13.0. The number of aromatic nitrogens is 2. The van der Waals surface area contributed by atoms with Gasteiger partial charge in [0.2, 0.25) is 5.82 Å². The van der Waals surface area contributed by atoms with Crippen molar-refractivity contribution in [1.82, 2.24) is 9.78 Å². The van der Waals surface area contributed by atoms with Gasteiger partial charge >= 0.3 is 0 Å². The van der Waals surface area contributed by atoms with Crippen molar-refractivity contribution in [3.05, 3.63) is 71.9 Å². The third-order valence-electron chi connectivity index (χ3n) is 3.47. The molecule has 3 aromatic rings. The molecule has 23 heavy (non-hydrogen) atoms. The molecule has 1 aromatic heterocycles. The molecule has 2 aromatic carbocycles. The molecule has 0 atom stereocenters. The first-order valence-corrected chi connectivity index (χ1v) is 7.29. The first-order valence-electron chi connectivity index (χ1n) is 7.29. The summed E-state index contributed by atoms with van der Waals surface area (Å²) in [6.07, 6.45) is 0. The van der Waals surface area contributed by atoms with E-state index in [0.29, 0.717) is 17.1 Å². The monoisotopic (exact) mass is 304 g/mol. The third kappa shape index (κ3) is 3.08. The smallest absolute Gasteiger partial charge is 0.207 e. The van der Waals surface area contributed by atoms with E-state index in [1.54, 1.807) is 4.68 Å². The predicted octanol–water partition coefficient (Wildman–Crippen LogP) is 4.80. The molecule has 1 heterocycles. The van der Waals surface area contributed by atoms with Crippen LogP contribution in [-0.4, -0.2) is 15.6 Å². The molecule has 3 rings (SSSR count). The molecule has 0 saturated heterocycles. The highest BCUT2D eigenvalue weighted by molar-refractivity contribution is 5.99. The van der Waals surface area contributed by atoms with Gasteiger partial charge in [0.25, 0.3) is 0 Å². The first kappa shape index (κ1) is 14.8. The Morgan fingerprint density at radius 2 is 1.57 bits per heavy atom. The Morgan fingerprint density at radius 3 is 2.17 bits per heavy atom. The van der Waals surface area contributed by atoms with Crippen molar-refractivity contribution in [3.63, 3.8) is 0 Å². The molecule has 0 aliphatic rings. The van der Waals surface area contributed by atoms with Gasteiger partial charge in [0, 0.05) is 0 Å². The number of nitrogens with zero attached hydrogens (tertiary/aromatic N) is 4. The molecule has 0 amide bonds. The van der Waals surface area contributed by atoms with Crippen LogP contribution in [0.5, 0.6) is 0 Å². The average Bonchev–Trinajstić information content (AvgIpc) is 2.91. The van der Waals surface area contributed by atoms with Crippen molar-refractivity contribution < 1.29 is 4.79 Å². The maximum atomic E-state index is 12.0. The van der Waals surface area contributed by atoms with Gasteiger partial charge < -0.3 is 0 Å². The second-order valence-corrected chi connectivity index (χ2v) is 5.12. The van der Waals surface area contributed by atoms with Gasteiger partial charge in [0.15, 0.2) is 5.78 Å². The number of benzene rings is 2. The molecule has 0 aliphatic carbocycles. The van der Waals surface area contributed by atoms with Crippen molar-refractivity contribution in [1.29, 1.82) is 0 Å². The summed E-state index contributed by atoms with van der Waals surface area (Å²) in [7, 11) is 0. The van der Waals surface area contributed by atoms with Crippen LogP contribution in [0.2, 0.25) is 0 Å². The van der Waals surface area contributed by atoms with Gasteiger partial charge in [0.1, 0.15) is 0 Å². The lowest BCUT2D eigenvalue weighted by Gasteiger charge is -2.03. The number of carbonyl (C=O) groups excluding carboxylic acids is 1. The van der Waals surface area contributed by atoms with Gasteiger partial charge in [-0.25, -0.2) is 4.68 Å². The van der Waals surface area contributed by atoms with Gasteiger partial charge in [-0.15, -0.1) is 15.3 Å². The SMILES string of the molecule is CC(=O)c1c(N=Nc2ccccc2)nn(-c2ccccc2)c1C. The van der Waals surface area contributed by atoms with E-state index in [0.717, 1.165) is 11.4 Å². The Bertz CT molecular complexity index is 851. The second-order valence-electron chi connectivity index (χ2n) is 5.12. The third-order valence-corrected chi connectivity index (χ3v) is 3.47. The van der Waals surface area contributed by atoms with Gasteiger partial charge in [-0.2, -0.15) is 0 Å². The highest BCUT2D eigenvalue weighted by Gasteiger charge is 2.19. The minimum Gasteiger partial charge on any atom is -0.294 e. The molecule has 5 nitrogen and oxygen atoms in total. The van der Waals surface area contributed by atoms with E-state index >= 15 is 0 Å². The topological polar surface area (TPSA) is 59.6 Å². The van der Waals surface area contributed by atoms with Gasteiger partial charge in [-0.05, 0) is 38.1 Å². The fourth-order valence-electron chi connectivity index (χ4n) is 2.39. The molecule has 0 aliphatic heterocycles. The van der Waals surface area contributed by atoms with Crippen LogP contribution in [0.3, 0.4) is 0 Å². The number of para-hydroxylation sites is 1. The van der Waals surface area contributed by atoms with Crippen LogP contribution in [0.15, 0.2) is 70.9 Å². The van der Waals surface area contributed by atoms with E-state index in [1.165, 1.54) is 6.92 Å². The number of carbonyl (C=O) groups is 1. The molecule has 0 radical (unpaired) electrons. The molecule has 0 spiro atoms. The zero-order valence-corrected chi connectivity index (χ0v) is 13.0. The first-order chi connectivity index (χ1) is 11.2. The Balaban J connectivity index is 2.06.